The van der Waals surface area contributed by atoms with E-state index in [4.69, 9.17) is 27.9 Å². The molecule has 6 heteroatoms. The van der Waals surface area contributed by atoms with Gasteiger partial charge in [0.05, 0.1) is 30.7 Å². The number of fused-ring (bicyclic) bond motifs is 1. The van der Waals surface area contributed by atoms with Crippen molar-refractivity contribution in [2.45, 2.75) is 44.7 Å². The van der Waals surface area contributed by atoms with Gasteiger partial charge in [-0.3, -0.25) is 4.79 Å². The number of hydrogen-bond acceptors (Lipinski definition) is 2. The van der Waals surface area contributed by atoms with Crippen LogP contribution in [0.1, 0.15) is 43.2 Å². The number of benzene rings is 2. The van der Waals surface area contributed by atoms with Crippen LogP contribution >= 0.6 is 23.2 Å². The fourth-order valence-corrected chi connectivity index (χ4v) is 5.20. The number of carbonyl (C=O) groups is 1. The van der Waals surface area contributed by atoms with Gasteiger partial charge in [-0.2, -0.15) is 0 Å². The summed E-state index contributed by atoms with van der Waals surface area (Å²) in [5, 5.41) is 3.92. The number of amides is 1. The van der Waals surface area contributed by atoms with Crippen LogP contribution in [0.15, 0.2) is 42.0 Å². The van der Waals surface area contributed by atoms with Crippen LogP contribution < -0.4 is 10.1 Å². The van der Waals surface area contributed by atoms with Gasteiger partial charge >= 0.3 is 0 Å². The van der Waals surface area contributed by atoms with E-state index in [0.29, 0.717) is 26.9 Å². The first-order chi connectivity index (χ1) is 14.8. The zero-order valence-electron chi connectivity index (χ0n) is 18.1. The summed E-state index contributed by atoms with van der Waals surface area (Å²) in [4.78, 5) is 12.7. The largest absolute Gasteiger partial charge is 0.486 e. The van der Waals surface area contributed by atoms with E-state index >= 15 is 0 Å². The Hall–Kier alpha value is -2.01. The molecule has 2 aromatic rings. The van der Waals surface area contributed by atoms with Gasteiger partial charge in [0.25, 0.3) is 5.91 Å². The molecule has 0 bridgehead atoms. The molecule has 164 valence electrons. The second-order valence-electron chi connectivity index (χ2n) is 9.14. The summed E-state index contributed by atoms with van der Waals surface area (Å²) in [6, 6.07) is 12.3. The van der Waals surface area contributed by atoms with Gasteiger partial charge in [0.2, 0.25) is 0 Å². The number of quaternary nitrogens is 1. The first-order valence-electron chi connectivity index (χ1n) is 10.9. The topological polar surface area (TPSA) is 38.3 Å². The number of hydrogen-bond donors (Lipinski definition) is 1. The Morgan fingerprint density at radius 3 is 2.52 bits per heavy atom. The molecule has 2 aliphatic rings. The van der Waals surface area contributed by atoms with E-state index in [2.05, 4.69) is 31.5 Å². The normalized spacial score (nSPS) is 16.8. The van der Waals surface area contributed by atoms with Gasteiger partial charge in [-0.05, 0) is 56.0 Å². The lowest BCUT2D eigenvalue weighted by atomic mass is 9.92. The van der Waals surface area contributed by atoms with Crippen molar-refractivity contribution >= 4 is 40.9 Å². The van der Waals surface area contributed by atoms with Crippen molar-refractivity contribution in [3.63, 3.8) is 0 Å². The molecule has 1 aliphatic carbocycles. The summed E-state index contributed by atoms with van der Waals surface area (Å²) < 4.78 is 6.70. The molecule has 0 aromatic heterocycles. The van der Waals surface area contributed by atoms with E-state index in [1.54, 1.807) is 18.2 Å². The van der Waals surface area contributed by atoms with Crippen molar-refractivity contribution in [3.05, 3.63) is 63.1 Å². The maximum atomic E-state index is 12.7. The zero-order chi connectivity index (χ0) is 22.0. The molecule has 0 saturated heterocycles. The maximum absolute atomic E-state index is 12.7. The smallest absolute Gasteiger partial charge is 0.255 e. The number of anilines is 1. The predicted octanol–water partition coefficient (Wildman–Crippen LogP) is 6.32. The lowest BCUT2D eigenvalue weighted by Crippen LogP contribution is -2.48. The van der Waals surface area contributed by atoms with Crippen LogP contribution in [0.25, 0.3) is 6.08 Å². The van der Waals surface area contributed by atoms with Crippen LogP contribution in [-0.2, 0) is 11.3 Å². The van der Waals surface area contributed by atoms with E-state index in [-0.39, 0.29) is 12.5 Å². The second kappa shape index (κ2) is 9.23. The summed E-state index contributed by atoms with van der Waals surface area (Å²) in [7, 11) is 4.66. The van der Waals surface area contributed by atoms with Crippen LogP contribution in [0.5, 0.6) is 5.75 Å². The highest BCUT2D eigenvalue weighted by atomic mass is 35.5. The average molecular weight is 460 g/mol. The maximum Gasteiger partial charge on any atom is 0.255 e. The van der Waals surface area contributed by atoms with Gasteiger partial charge in [0, 0.05) is 21.8 Å². The highest BCUT2D eigenvalue weighted by Crippen LogP contribution is 2.36. The molecule has 0 atom stereocenters. The van der Waals surface area contributed by atoms with Crippen molar-refractivity contribution in [1.29, 1.82) is 0 Å². The number of nitrogens with one attached hydrogen (secondary N) is 1. The van der Waals surface area contributed by atoms with Crippen molar-refractivity contribution in [2.24, 2.45) is 0 Å². The minimum absolute atomic E-state index is 0.172. The number of rotatable bonds is 5. The SMILES string of the molecule is C[N+](C)(Cc1ccc(NC(=O)C2=Cc3cc(Cl)cc(Cl)c3OC2)cc1)C1CCCCC1. The minimum atomic E-state index is -0.187. The average Bonchev–Trinajstić information content (AvgIpc) is 2.75. The molecule has 4 nitrogen and oxygen atoms in total. The Morgan fingerprint density at radius 1 is 1.10 bits per heavy atom. The summed E-state index contributed by atoms with van der Waals surface area (Å²) in [5.74, 6) is 0.374. The number of halogens is 2. The Balaban J connectivity index is 1.41. The monoisotopic (exact) mass is 459 g/mol. The van der Waals surface area contributed by atoms with Crippen LogP contribution in [0, 0.1) is 0 Å². The summed E-state index contributed by atoms with van der Waals surface area (Å²) in [5.41, 5.74) is 3.30. The van der Waals surface area contributed by atoms with E-state index in [1.807, 2.05) is 12.1 Å². The molecular weight excluding hydrogens is 431 g/mol. The third-order valence-corrected chi connectivity index (χ3v) is 6.89. The molecule has 1 N–H and O–H groups in total. The summed E-state index contributed by atoms with van der Waals surface area (Å²) in [6.45, 7) is 1.17. The number of nitrogens with zero attached hydrogens (tertiary/aromatic N) is 1. The van der Waals surface area contributed by atoms with Crippen LogP contribution in [0.2, 0.25) is 10.0 Å². The molecule has 1 fully saturated rings. The Morgan fingerprint density at radius 2 is 1.81 bits per heavy atom. The third-order valence-electron chi connectivity index (χ3n) is 6.40. The van der Waals surface area contributed by atoms with E-state index in [1.165, 1.54) is 37.7 Å². The Kier molecular flexibility index (Phi) is 6.61. The fraction of sp³-hybridized carbons (Fsp3) is 0.400. The first kappa shape index (κ1) is 22.2. The molecule has 1 heterocycles. The molecule has 0 radical (unpaired) electrons. The summed E-state index contributed by atoms with van der Waals surface area (Å²) >= 11 is 12.3. The molecule has 1 saturated carbocycles. The van der Waals surface area contributed by atoms with Gasteiger partial charge in [-0.1, -0.05) is 41.8 Å². The van der Waals surface area contributed by atoms with Crippen molar-refractivity contribution in [1.82, 2.24) is 0 Å². The van der Waals surface area contributed by atoms with Crippen LogP contribution in [-0.4, -0.2) is 37.1 Å². The molecule has 1 amide bonds. The number of carbonyl (C=O) groups excluding carboxylic acids is 1. The molecular formula is C25H29Cl2N2O2+. The highest BCUT2D eigenvalue weighted by Gasteiger charge is 2.29. The zero-order valence-corrected chi connectivity index (χ0v) is 19.6. The van der Waals surface area contributed by atoms with Crippen LogP contribution in [0.3, 0.4) is 0 Å². The molecule has 2 aromatic carbocycles. The first-order valence-corrected chi connectivity index (χ1v) is 11.6. The molecule has 0 spiro atoms. The summed E-state index contributed by atoms with van der Waals surface area (Å²) in [6.07, 6.45) is 8.48. The molecule has 0 unspecified atom stereocenters. The predicted molar refractivity (Wildman–Crippen MR) is 128 cm³/mol. The van der Waals surface area contributed by atoms with Gasteiger partial charge in [-0.15, -0.1) is 0 Å². The fourth-order valence-electron chi connectivity index (χ4n) is 4.63. The van der Waals surface area contributed by atoms with Crippen molar-refractivity contribution in [3.8, 4) is 5.75 Å². The standard InChI is InChI=1S/C25H28Cl2N2O2/c1-29(2,22-6-4-3-5-7-22)15-17-8-10-21(11-9-17)28-25(30)19-12-18-13-20(26)14-23(27)24(18)31-16-19/h8-14,22H,3-7,15-16H2,1-2H3/p+1. The molecule has 1 aliphatic heterocycles. The second-order valence-corrected chi connectivity index (χ2v) is 9.99. The highest BCUT2D eigenvalue weighted by molar-refractivity contribution is 6.36. The third kappa shape index (κ3) is 5.25. The van der Waals surface area contributed by atoms with Gasteiger partial charge in [0.1, 0.15) is 18.9 Å². The van der Waals surface area contributed by atoms with E-state index in [9.17, 15) is 4.79 Å². The van der Waals surface area contributed by atoms with Gasteiger partial charge < -0.3 is 14.5 Å². The molecule has 31 heavy (non-hydrogen) atoms. The van der Waals surface area contributed by atoms with Crippen molar-refractivity contribution < 1.29 is 14.0 Å². The van der Waals surface area contributed by atoms with Gasteiger partial charge in [0.15, 0.2) is 0 Å². The minimum Gasteiger partial charge on any atom is -0.486 e. The Bertz CT molecular complexity index is 993. The number of ether oxygens (including phenoxy) is 1. The van der Waals surface area contributed by atoms with Crippen LogP contribution in [0.4, 0.5) is 5.69 Å². The van der Waals surface area contributed by atoms with E-state index < -0.39 is 0 Å². The lowest BCUT2D eigenvalue weighted by Gasteiger charge is -2.40. The van der Waals surface area contributed by atoms with E-state index in [0.717, 1.165) is 22.8 Å². The lowest BCUT2D eigenvalue weighted by molar-refractivity contribution is -0.929. The molecule has 4 rings (SSSR count). The van der Waals surface area contributed by atoms with Crippen molar-refractivity contribution in [2.75, 3.05) is 26.0 Å². The van der Waals surface area contributed by atoms with Gasteiger partial charge in [-0.25, -0.2) is 0 Å². The Labute approximate surface area is 194 Å². The quantitative estimate of drug-likeness (QED) is 0.531.